The number of carbonyl (C=O) groups is 5. The second-order valence-corrected chi connectivity index (χ2v) is 7.59. The van der Waals surface area contributed by atoms with Gasteiger partial charge in [-0.25, -0.2) is 0 Å². The minimum atomic E-state index is -0.802. The highest BCUT2D eigenvalue weighted by Crippen LogP contribution is 2.29. The number of ketones is 1. The van der Waals surface area contributed by atoms with Crippen LogP contribution in [-0.4, -0.2) is 29.4 Å². The Morgan fingerprint density at radius 3 is 1.30 bits per heavy atom. The number of benzene rings is 2. The van der Waals surface area contributed by atoms with E-state index < -0.39 is 23.6 Å². The van der Waals surface area contributed by atoms with Gasteiger partial charge in [-0.1, -0.05) is 12.1 Å². The molecule has 168 valence electrons. The first-order valence-corrected chi connectivity index (χ1v) is 10.0. The van der Waals surface area contributed by atoms with Gasteiger partial charge in [-0.2, -0.15) is 0 Å². The predicted octanol–water partition coefficient (Wildman–Crippen LogP) is 1.30. The van der Waals surface area contributed by atoms with Gasteiger partial charge >= 0.3 is 0 Å². The van der Waals surface area contributed by atoms with Gasteiger partial charge in [0.2, 0.25) is 23.6 Å². The number of amides is 4. The van der Waals surface area contributed by atoms with E-state index in [1.165, 1.54) is 24.3 Å². The molecule has 8 N–H and O–H groups in total. The van der Waals surface area contributed by atoms with Crippen LogP contribution >= 0.6 is 0 Å². The summed E-state index contributed by atoms with van der Waals surface area (Å²) in [7, 11) is 0. The number of hydrogen-bond acceptors (Lipinski definition) is 5. The summed E-state index contributed by atoms with van der Waals surface area (Å²) < 4.78 is 0. The Kier molecular flexibility index (Phi) is 6.53. The first-order chi connectivity index (χ1) is 15.6. The molecule has 1 aliphatic rings. The van der Waals surface area contributed by atoms with Crippen molar-refractivity contribution < 1.29 is 24.0 Å². The molecule has 0 atom stereocenters. The van der Waals surface area contributed by atoms with Crippen LogP contribution in [0.25, 0.3) is 12.2 Å². The minimum absolute atomic E-state index is 0.00451. The first-order valence-electron chi connectivity index (χ1n) is 10.0. The fraction of sp³-hybridized carbons (Fsp3) is 0.125. The molecule has 0 heterocycles. The van der Waals surface area contributed by atoms with Crippen molar-refractivity contribution in [2.75, 3.05) is 0 Å². The summed E-state index contributed by atoms with van der Waals surface area (Å²) in [6.45, 7) is 0. The second kappa shape index (κ2) is 9.31. The average Bonchev–Trinajstić information content (AvgIpc) is 2.76. The van der Waals surface area contributed by atoms with E-state index in [0.29, 0.717) is 41.5 Å². The molecule has 3 rings (SSSR count). The standard InChI is InChI=1S/C24H22N4O5/c25-21(30)16-6-4-12(10-18(16)23(27)32)8-14-2-1-3-15(20(14)29)9-13-5-7-17(22(26)31)19(11-13)24(28)33/h4-11H,1-3H2,(H2,25,30)(H2,26,31)(H2,27,32)(H2,28,33). The lowest BCUT2D eigenvalue weighted by Crippen LogP contribution is -2.20. The van der Waals surface area contributed by atoms with Crippen LogP contribution in [0.1, 0.15) is 71.8 Å². The number of Topliss-reactive ketones (excluding diaryl/α,β-unsaturated/α-hetero) is 1. The van der Waals surface area contributed by atoms with Crippen LogP contribution in [-0.2, 0) is 4.79 Å². The Morgan fingerprint density at radius 1 is 0.606 bits per heavy atom. The third kappa shape index (κ3) is 5.04. The van der Waals surface area contributed by atoms with Crippen molar-refractivity contribution in [1.29, 1.82) is 0 Å². The molecular formula is C24H22N4O5. The molecule has 9 nitrogen and oxygen atoms in total. The van der Waals surface area contributed by atoms with Crippen LogP contribution in [0.15, 0.2) is 47.5 Å². The number of primary amides is 4. The molecule has 0 unspecified atom stereocenters. The first kappa shape index (κ1) is 23.1. The molecule has 33 heavy (non-hydrogen) atoms. The van der Waals surface area contributed by atoms with Crippen molar-refractivity contribution in [2.24, 2.45) is 22.9 Å². The zero-order valence-corrected chi connectivity index (χ0v) is 17.6. The molecule has 0 saturated heterocycles. The van der Waals surface area contributed by atoms with Crippen molar-refractivity contribution in [3.05, 3.63) is 80.9 Å². The highest BCUT2D eigenvalue weighted by atomic mass is 16.2. The summed E-state index contributed by atoms with van der Waals surface area (Å²) in [4.78, 5) is 59.4. The predicted molar refractivity (Wildman–Crippen MR) is 122 cm³/mol. The lowest BCUT2D eigenvalue weighted by Gasteiger charge is -2.17. The van der Waals surface area contributed by atoms with Crippen LogP contribution in [0.2, 0.25) is 0 Å². The van der Waals surface area contributed by atoms with E-state index >= 15 is 0 Å². The molecule has 0 aliphatic heterocycles. The Labute approximate surface area is 189 Å². The zero-order valence-electron chi connectivity index (χ0n) is 17.6. The summed E-state index contributed by atoms with van der Waals surface area (Å²) in [5.74, 6) is -3.35. The summed E-state index contributed by atoms with van der Waals surface area (Å²) in [6, 6.07) is 8.78. The second-order valence-electron chi connectivity index (χ2n) is 7.59. The van der Waals surface area contributed by atoms with E-state index in [9.17, 15) is 24.0 Å². The fourth-order valence-electron chi connectivity index (χ4n) is 3.72. The summed E-state index contributed by atoms with van der Waals surface area (Å²) in [5, 5.41) is 0. The largest absolute Gasteiger partial charge is 0.366 e. The van der Waals surface area contributed by atoms with E-state index in [0.717, 1.165) is 0 Å². The Hall–Kier alpha value is -4.53. The Balaban J connectivity index is 1.96. The van der Waals surface area contributed by atoms with Crippen LogP contribution in [0.5, 0.6) is 0 Å². The van der Waals surface area contributed by atoms with E-state index in [2.05, 4.69) is 0 Å². The van der Waals surface area contributed by atoms with Gasteiger partial charge in [0, 0.05) is 11.1 Å². The van der Waals surface area contributed by atoms with Crippen LogP contribution < -0.4 is 22.9 Å². The number of hydrogen-bond donors (Lipinski definition) is 4. The summed E-state index contributed by atoms with van der Waals surface area (Å²) in [6.07, 6.45) is 5.02. The highest BCUT2D eigenvalue weighted by molar-refractivity contribution is 6.14. The topological polar surface area (TPSA) is 189 Å². The van der Waals surface area contributed by atoms with Crippen molar-refractivity contribution >= 4 is 41.6 Å². The molecule has 0 spiro atoms. The molecule has 1 saturated carbocycles. The normalized spacial score (nSPS) is 16.1. The molecule has 2 aromatic carbocycles. The maximum atomic E-state index is 13.1. The van der Waals surface area contributed by atoms with Crippen molar-refractivity contribution in [1.82, 2.24) is 0 Å². The molecule has 9 heteroatoms. The lowest BCUT2D eigenvalue weighted by molar-refractivity contribution is -0.112. The third-order valence-corrected chi connectivity index (χ3v) is 5.31. The minimum Gasteiger partial charge on any atom is -0.366 e. The van der Waals surface area contributed by atoms with Gasteiger partial charge in [0.1, 0.15) is 0 Å². The third-order valence-electron chi connectivity index (χ3n) is 5.31. The highest BCUT2D eigenvalue weighted by Gasteiger charge is 2.22. The number of carbonyl (C=O) groups excluding carboxylic acids is 5. The smallest absolute Gasteiger partial charge is 0.249 e. The van der Waals surface area contributed by atoms with Gasteiger partial charge < -0.3 is 22.9 Å². The Bertz CT molecular complexity index is 1180. The van der Waals surface area contributed by atoms with Gasteiger partial charge in [-0.3, -0.25) is 24.0 Å². The number of nitrogens with two attached hydrogens (primary N) is 4. The summed E-state index contributed by atoms with van der Waals surface area (Å²) >= 11 is 0. The van der Waals surface area contributed by atoms with Crippen LogP contribution in [0, 0.1) is 0 Å². The molecule has 4 amide bonds. The monoisotopic (exact) mass is 446 g/mol. The van der Waals surface area contributed by atoms with E-state index in [-0.39, 0.29) is 28.0 Å². The molecule has 1 aliphatic carbocycles. The quantitative estimate of drug-likeness (QED) is 0.485. The summed E-state index contributed by atoms with van der Waals surface area (Å²) in [5.41, 5.74) is 23.3. The maximum absolute atomic E-state index is 13.1. The molecular weight excluding hydrogens is 424 g/mol. The number of allylic oxidation sites excluding steroid dienone is 2. The van der Waals surface area contributed by atoms with Crippen molar-refractivity contribution in [3.63, 3.8) is 0 Å². The lowest BCUT2D eigenvalue weighted by atomic mass is 9.86. The molecule has 0 radical (unpaired) electrons. The molecule has 2 aromatic rings. The maximum Gasteiger partial charge on any atom is 0.249 e. The van der Waals surface area contributed by atoms with E-state index in [1.807, 2.05) is 0 Å². The van der Waals surface area contributed by atoms with Crippen LogP contribution in [0.4, 0.5) is 0 Å². The molecule has 0 aromatic heterocycles. The average molecular weight is 446 g/mol. The van der Waals surface area contributed by atoms with Gasteiger partial charge in [0.25, 0.3) is 0 Å². The van der Waals surface area contributed by atoms with Gasteiger partial charge in [0.05, 0.1) is 22.3 Å². The number of rotatable bonds is 6. The van der Waals surface area contributed by atoms with Gasteiger partial charge in [0.15, 0.2) is 5.78 Å². The van der Waals surface area contributed by atoms with Crippen molar-refractivity contribution in [3.8, 4) is 0 Å². The van der Waals surface area contributed by atoms with Gasteiger partial charge in [-0.05, 0) is 66.8 Å². The fourth-order valence-corrected chi connectivity index (χ4v) is 3.72. The van der Waals surface area contributed by atoms with Crippen LogP contribution in [0.3, 0.4) is 0 Å². The van der Waals surface area contributed by atoms with Gasteiger partial charge in [-0.15, -0.1) is 0 Å². The SMILES string of the molecule is NC(=O)c1ccc(C=C2CCCC(=Cc3ccc(C(N)=O)c(C(N)=O)c3)C2=O)cc1C(N)=O. The van der Waals surface area contributed by atoms with E-state index in [1.54, 1.807) is 24.3 Å². The van der Waals surface area contributed by atoms with Crippen molar-refractivity contribution in [2.45, 2.75) is 19.3 Å². The van der Waals surface area contributed by atoms with E-state index in [4.69, 9.17) is 22.9 Å². The molecule has 0 bridgehead atoms. The Morgan fingerprint density at radius 2 is 0.970 bits per heavy atom. The zero-order chi connectivity index (χ0) is 24.3. The molecule has 1 fully saturated rings.